The van der Waals surface area contributed by atoms with Crippen LogP contribution in [0.4, 0.5) is 0 Å². The Labute approximate surface area is 220 Å². The summed E-state index contributed by atoms with van der Waals surface area (Å²) in [4.78, 5) is 33.3. The fourth-order valence-corrected chi connectivity index (χ4v) is 4.41. The van der Waals surface area contributed by atoms with E-state index in [2.05, 4.69) is 13.0 Å². The first-order valence-electron chi connectivity index (χ1n) is 12.5. The second kappa shape index (κ2) is 11.3. The second-order valence-corrected chi connectivity index (χ2v) is 10.5. The van der Waals surface area contributed by atoms with Crippen molar-refractivity contribution in [3.05, 3.63) is 87.7 Å². The standard InChI is InChI=1S/C31H38N2O4/c1-19-15-16-24(17-20(19)2)26-22(4)32-27(29(34)33(8)18-23-13-11-10-12-14-23)21(3)25(26)28(30(35)36-9)37-31(5,6)7/h10-17,28H,18H2,1-9H3. The minimum absolute atomic E-state index is 0.225. The number of hydrogen-bond donors (Lipinski definition) is 0. The van der Waals surface area contributed by atoms with Gasteiger partial charge in [-0.25, -0.2) is 9.78 Å². The Kier molecular flexibility index (Phi) is 8.54. The van der Waals surface area contributed by atoms with Crippen LogP contribution in [0.25, 0.3) is 11.1 Å². The number of aryl methyl sites for hydroxylation is 3. The number of rotatable bonds is 7. The number of carbonyl (C=O) groups is 2. The van der Waals surface area contributed by atoms with Crippen LogP contribution < -0.4 is 0 Å². The van der Waals surface area contributed by atoms with Crippen LogP contribution in [0.2, 0.25) is 0 Å². The van der Waals surface area contributed by atoms with Crippen molar-refractivity contribution in [3.63, 3.8) is 0 Å². The summed E-state index contributed by atoms with van der Waals surface area (Å²) in [5.41, 5.74) is 6.50. The van der Waals surface area contributed by atoms with Crippen LogP contribution in [-0.4, -0.2) is 41.5 Å². The first kappa shape index (κ1) is 28.1. The molecule has 0 aliphatic heterocycles. The fourth-order valence-electron chi connectivity index (χ4n) is 4.41. The smallest absolute Gasteiger partial charge is 0.339 e. The number of ether oxygens (including phenoxy) is 2. The quantitative estimate of drug-likeness (QED) is 0.356. The molecule has 3 aromatic rings. The molecule has 1 atom stereocenters. The molecule has 0 aliphatic carbocycles. The summed E-state index contributed by atoms with van der Waals surface area (Å²) in [5, 5.41) is 0. The normalized spacial score (nSPS) is 12.2. The lowest BCUT2D eigenvalue weighted by Crippen LogP contribution is -2.32. The molecule has 0 radical (unpaired) electrons. The summed E-state index contributed by atoms with van der Waals surface area (Å²) < 4.78 is 11.5. The van der Waals surface area contributed by atoms with Gasteiger partial charge in [-0.2, -0.15) is 0 Å². The predicted octanol–water partition coefficient (Wildman–Crippen LogP) is 6.28. The lowest BCUT2D eigenvalue weighted by Gasteiger charge is -2.30. The molecule has 0 N–H and O–H groups in total. The first-order chi connectivity index (χ1) is 17.3. The Balaban J connectivity index is 2.25. The summed E-state index contributed by atoms with van der Waals surface area (Å²) in [6.45, 7) is 13.9. The van der Waals surface area contributed by atoms with Crippen molar-refractivity contribution in [1.82, 2.24) is 9.88 Å². The van der Waals surface area contributed by atoms with Crippen molar-refractivity contribution in [2.75, 3.05) is 14.2 Å². The Morgan fingerprint density at radius 2 is 1.62 bits per heavy atom. The average molecular weight is 503 g/mol. The van der Waals surface area contributed by atoms with Gasteiger partial charge >= 0.3 is 5.97 Å². The molecule has 3 rings (SSSR count). The van der Waals surface area contributed by atoms with Gasteiger partial charge in [0.1, 0.15) is 5.69 Å². The number of hydrogen-bond acceptors (Lipinski definition) is 5. The van der Waals surface area contributed by atoms with E-state index >= 15 is 0 Å². The number of pyridine rings is 1. The highest BCUT2D eigenvalue weighted by atomic mass is 16.6. The first-order valence-corrected chi connectivity index (χ1v) is 12.5. The number of methoxy groups -OCH3 is 1. The third-order valence-corrected chi connectivity index (χ3v) is 6.43. The Hall–Kier alpha value is -3.51. The zero-order chi connectivity index (χ0) is 27.5. The van der Waals surface area contributed by atoms with Crippen LogP contribution >= 0.6 is 0 Å². The molecular formula is C31H38N2O4. The van der Waals surface area contributed by atoms with Crippen LogP contribution in [0.5, 0.6) is 0 Å². The van der Waals surface area contributed by atoms with Gasteiger partial charge in [-0.3, -0.25) is 4.79 Å². The molecule has 0 aliphatic rings. The third-order valence-electron chi connectivity index (χ3n) is 6.43. The summed E-state index contributed by atoms with van der Waals surface area (Å²) >= 11 is 0. The van der Waals surface area contributed by atoms with Crippen LogP contribution in [0.15, 0.2) is 48.5 Å². The highest BCUT2D eigenvalue weighted by Crippen LogP contribution is 2.39. The molecule has 1 aromatic heterocycles. The molecule has 37 heavy (non-hydrogen) atoms. The minimum Gasteiger partial charge on any atom is -0.467 e. The molecule has 1 heterocycles. The van der Waals surface area contributed by atoms with Gasteiger partial charge in [-0.15, -0.1) is 0 Å². The van der Waals surface area contributed by atoms with Crippen molar-refractivity contribution in [1.29, 1.82) is 0 Å². The van der Waals surface area contributed by atoms with E-state index in [4.69, 9.17) is 14.5 Å². The number of aromatic nitrogens is 1. The van der Waals surface area contributed by atoms with E-state index in [1.807, 2.05) is 84.0 Å². The van der Waals surface area contributed by atoms with Crippen molar-refractivity contribution in [2.24, 2.45) is 0 Å². The summed E-state index contributed by atoms with van der Waals surface area (Å²) in [5.74, 6) is -0.749. The van der Waals surface area contributed by atoms with Gasteiger partial charge in [0.2, 0.25) is 0 Å². The molecular weight excluding hydrogens is 464 g/mol. The summed E-state index contributed by atoms with van der Waals surface area (Å²) in [6.07, 6.45) is -1.03. The van der Waals surface area contributed by atoms with E-state index in [9.17, 15) is 9.59 Å². The highest BCUT2D eigenvalue weighted by Gasteiger charge is 2.35. The second-order valence-electron chi connectivity index (χ2n) is 10.5. The lowest BCUT2D eigenvalue weighted by molar-refractivity contribution is -0.164. The SMILES string of the molecule is COC(=O)C(OC(C)(C)C)c1c(C)c(C(=O)N(C)Cc2ccccc2)nc(C)c1-c1ccc(C)c(C)c1. The van der Waals surface area contributed by atoms with Crippen molar-refractivity contribution in [3.8, 4) is 11.1 Å². The van der Waals surface area contributed by atoms with Gasteiger partial charge in [0, 0.05) is 30.4 Å². The zero-order valence-electron chi connectivity index (χ0n) is 23.4. The van der Waals surface area contributed by atoms with Gasteiger partial charge in [0.05, 0.1) is 12.7 Å². The summed E-state index contributed by atoms with van der Waals surface area (Å²) in [6, 6.07) is 15.9. The topological polar surface area (TPSA) is 68.7 Å². The monoisotopic (exact) mass is 502 g/mol. The molecule has 0 saturated heterocycles. The van der Waals surface area contributed by atoms with E-state index in [0.29, 0.717) is 29.1 Å². The Bertz CT molecular complexity index is 1290. The number of esters is 1. The largest absolute Gasteiger partial charge is 0.467 e. The lowest BCUT2D eigenvalue weighted by atomic mass is 9.88. The van der Waals surface area contributed by atoms with Crippen LogP contribution in [0, 0.1) is 27.7 Å². The van der Waals surface area contributed by atoms with E-state index in [-0.39, 0.29) is 5.91 Å². The molecule has 0 saturated carbocycles. The molecule has 0 spiro atoms. The van der Waals surface area contributed by atoms with E-state index in [0.717, 1.165) is 27.8 Å². The molecule has 6 heteroatoms. The van der Waals surface area contributed by atoms with Gasteiger partial charge in [-0.1, -0.05) is 48.5 Å². The molecule has 196 valence electrons. The fraction of sp³-hybridized carbons (Fsp3) is 0.387. The maximum absolute atomic E-state index is 13.7. The van der Waals surface area contributed by atoms with Gasteiger partial charge in [-0.05, 0) is 76.3 Å². The van der Waals surface area contributed by atoms with Crippen LogP contribution in [0.3, 0.4) is 0 Å². The van der Waals surface area contributed by atoms with Crippen LogP contribution in [0.1, 0.15) is 70.9 Å². The Morgan fingerprint density at radius 1 is 0.973 bits per heavy atom. The van der Waals surface area contributed by atoms with E-state index in [1.165, 1.54) is 7.11 Å². The third kappa shape index (κ3) is 6.44. The molecule has 0 bridgehead atoms. The zero-order valence-corrected chi connectivity index (χ0v) is 23.4. The highest BCUT2D eigenvalue weighted by molar-refractivity contribution is 5.96. The Morgan fingerprint density at radius 3 is 2.19 bits per heavy atom. The number of nitrogens with zero attached hydrogens (tertiary/aromatic N) is 2. The van der Waals surface area contributed by atoms with E-state index in [1.54, 1.807) is 11.9 Å². The molecule has 1 unspecified atom stereocenters. The van der Waals surface area contributed by atoms with Gasteiger partial charge in [0.15, 0.2) is 6.10 Å². The van der Waals surface area contributed by atoms with Crippen LogP contribution in [-0.2, 0) is 20.8 Å². The number of benzene rings is 2. The maximum Gasteiger partial charge on any atom is 0.339 e. The van der Waals surface area contributed by atoms with Crippen molar-refractivity contribution in [2.45, 2.75) is 66.7 Å². The molecule has 0 fully saturated rings. The number of carbonyl (C=O) groups excluding carboxylic acids is 2. The summed E-state index contributed by atoms with van der Waals surface area (Å²) in [7, 11) is 3.10. The average Bonchev–Trinajstić information content (AvgIpc) is 2.84. The molecule has 2 aromatic carbocycles. The van der Waals surface area contributed by atoms with E-state index < -0.39 is 17.7 Å². The predicted molar refractivity (Wildman–Crippen MR) is 146 cm³/mol. The maximum atomic E-state index is 13.7. The molecule has 1 amide bonds. The minimum atomic E-state index is -1.03. The number of amides is 1. The van der Waals surface area contributed by atoms with Gasteiger partial charge < -0.3 is 14.4 Å². The van der Waals surface area contributed by atoms with Crippen molar-refractivity contribution >= 4 is 11.9 Å². The molecule has 6 nitrogen and oxygen atoms in total. The van der Waals surface area contributed by atoms with Gasteiger partial charge in [0.25, 0.3) is 5.91 Å². The van der Waals surface area contributed by atoms with Crippen molar-refractivity contribution < 1.29 is 19.1 Å².